The van der Waals surface area contributed by atoms with Crippen LogP contribution in [0.2, 0.25) is 18.1 Å². The van der Waals surface area contributed by atoms with Crippen molar-refractivity contribution in [3.63, 3.8) is 0 Å². The van der Waals surface area contributed by atoms with Gasteiger partial charge >= 0.3 is 0 Å². The van der Waals surface area contributed by atoms with Crippen molar-refractivity contribution in [2.24, 2.45) is 0 Å². The van der Waals surface area contributed by atoms with Crippen LogP contribution >= 0.6 is 0 Å². The van der Waals surface area contributed by atoms with Crippen LogP contribution in [0.15, 0.2) is 60.7 Å². The van der Waals surface area contributed by atoms with Crippen LogP contribution in [0.3, 0.4) is 0 Å². The maximum atomic E-state index is 14.5. The van der Waals surface area contributed by atoms with E-state index < -0.39 is 29.7 Å². The molecule has 1 heterocycles. The molecule has 2 aromatic carbocycles. The number of aromatic nitrogens is 2. The quantitative estimate of drug-likeness (QED) is 0.231. The average Bonchev–Trinajstić information content (AvgIpc) is 2.91. The van der Waals surface area contributed by atoms with Crippen LogP contribution in [-0.2, 0) is 27.5 Å². The number of methoxy groups -OCH3 is 2. The Bertz CT molecular complexity index is 1290. The first kappa shape index (κ1) is 31.7. The average molecular weight is 586 g/mol. The number of nitrogens with zero attached hydrogens (tertiary/aromatic N) is 3. The second-order valence-corrected chi connectivity index (χ2v) is 18.7. The fourth-order valence-electron chi connectivity index (χ4n) is 3.95. The summed E-state index contributed by atoms with van der Waals surface area (Å²) in [6.45, 7) is 14.6. The largest absolute Gasteiger partial charge is 0.497 e. The highest BCUT2D eigenvalue weighted by Crippen LogP contribution is 2.41. The lowest BCUT2D eigenvalue weighted by atomic mass is 10.2. The Morgan fingerprint density at radius 2 is 1.30 bits per heavy atom. The predicted octanol–water partition coefficient (Wildman–Crippen LogP) is 6.29. The highest BCUT2D eigenvalue weighted by Gasteiger charge is 2.44. The van der Waals surface area contributed by atoms with Crippen LogP contribution in [0.5, 0.6) is 11.5 Å². The van der Waals surface area contributed by atoms with Crippen LogP contribution in [-0.4, -0.2) is 50.7 Å². The molecule has 218 valence electrons. The SMILES string of the molecule is COc1ccc(CN(Cc2ccc(OC)cc2)S(=O)(=O)[C@H](C)[C@H](O[Si](C)(C)C(C)(C)C)c2ccc(C)nn2)cc1. The number of hydrogen-bond donors (Lipinski definition) is 0. The Kier molecular flexibility index (Phi) is 10.2. The molecule has 10 heteroatoms. The third-order valence-electron chi connectivity index (χ3n) is 7.63. The second kappa shape index (κ2) is 12.8. The van der Waals surface area contributed by atoms with E-state index in [9.17, 15) is 8.42 Å². The lowest BCUT2D eigenvalue weighted by Gasteiger charge is -2.41. The summed E-state index contributed by atoms with van der Waals surface area (Å²) in [4.78, 5) is 0. The molecular weight excluding hydrogens is 542 g/mol. The number of ether oxygens (including phenoxy) is 2. The van der Waals surface area contributed by atoms with Gasteiger partial charge in [0.15, 0.2) is 8.32 Å². The van der Waals surface area contributed by atoms with Gasteiger partial charge in [-0.2, -0.15) is 14.5 Å². The van der Waals surface area contributed by atoms with Crippen molar-refractivity contribution in [2.45, 2.75) is 77.2 Å². The summed E-state index contributed by atoms with van der Waals surface area (Å²) in [5, 5.41) is 7.56. The summed E-state index contributed by atoms with van der Waals surface area (Å²) in [5.74, 6) is 1.42. The molecule has 3 rings (SSSR count). The molecule has 0 aliphatic heterocycles. The van der Waals surface area contributed by atoms with E-state index in [-0.39, 0.29) is 18.1 Å². The summed E-state index contributed by atoms with van der Waals surface area (Å²) in [7, 11) is -3.08. The van der Waals surface area contributed by atoms with Crippen LogP contribution in [0.1, 0.15) is 56.3 Å². The standard InChI is InChI=1S/C30H43N3O5SSi/c1-22-10-19-28(32-31-22)29(38-40(8,9)30(3,4)5)23(2)39(34,35)33(20-24-11-15-26(36-6)16-12-24)21-25-13-17-27(37-7)18-14-25/h10-19,23,29H,20-21H2,1-9H3/t23-,29+/m1/s1. The van der Waals surface area contributed by atoms with Crippen LogP contribution < -0.4 is 9.47 Å². The minimum atomic E-state index is -3.90. The molecule has 40 heavy (non-hydrogen) atoms. The minimum absolute atomic E-state index is 0.126. The molecule has 0 fully saturated rings. The molecule has 0 bridgehead atoms. The minimum Gasteiger partial charge on any atom is -0.497 e. The molecular formula is C30H43N3O5SSi. The smallest absolute Gasteiger partial charge is 0.220 e. The zero-order chi connectivity index (χ0) is 29.7. The van der Waals surface area contributed by atoms with Gasteiger partial charge in [-0.05, 0) is 79.5 Å². The first-order chi connectivity index (χ1) is 18.7. The lowest BCUT2D eigenvalue weighted by molar-refractivity contribution is 0.172. The van der Waals surface area contributed by atoms with E-state index >= 15 is 0 Å². The molecule has 1 aromatic heterocycles. The van der Waals surface area contributed by atoms with E-state index in [1.807, 2.05) is 67.6 Å². The van der Waals surface area contributed by atoms with Crippen molar-refractivity contribution >= 4 is 18.3 Å². The molecule has 0 aliphatic carbocycles. The molecule has 0 spiro atoms. The molecule has 0 aliphatic rings. The number of sulfonamides is 1. The molecule has 2 atom stereocenters. The van der Waals surface area contributed by atoms with Crippen molar-refractivity contribution in [3.8, 4) is 11.5 Å². The molecule has 0 radical (unpaired) electrons. The normalized spacial score (nSPS) is 14.2. The Hall–Kier alpha value is -2.79. The zero-order valence-corrected chi connectivity index (χ0v) is 27.0. The number of benzene rings is 2. The van der Waals surface area contributed by atoms with E-state index in [0.29, 0.717) is 17.2 Å². The maximum absolute atomic E-state index is 14.5. The third-order valence-corrected chi connectivity index (χ3v) is 14.3. The van der Waals surface area contributed by atoms with Gasteiger partial charge in [0.1, 0.15) is 22.9 Å². The molecule has 3 aromatic rings. The highest BCUT2D eigenvalue weighted by atomic mass is 32.2. The summed E-state index contributed by atoms with van der Waals surface area (Å²) < 4.78 is 47.8. The van der Waals surface area contributed by atoms with Crippen molar-refractivity contribution in [1.29, 1.82) is 0 Å². The number of rotatable bonds is 12. The van der Waals surface area contributed by atoms with Gasteiger partial charge in [-0.3, -0.25) is 0 Å². The van der Waals surface area contributed by atoms with E-state index in [1.165, 1.54) is 4.31 Å². The summed E-state index contributed by atoms with van der Waals surface area (Å²) in [6.07, 6.45) is -0.784. The van der Waals surface area contributed by atoms with Crippen molar-refractivity contribution in [1.82, 2.24) is 14.5 Å². The van der Waals surface area contributed by atoms with Gasteiger partial charge in [-0.25, -0.2) is 8.42 Å². The van der Waals surface area contributed by atoms with Gasteiger partial charge in [-0.1, -0.05) is 45.0 Å². The van der Waals surface area contributed by atoms with E-state index in [2.05, 4.69) is 44.1 Å². The Balaban J connectivity index is 2.05. The zero-order valence-electron chi connectivity index (χ0n) is 25.1. The van der Waals surface area contributed by atoms with Gasteiger partial charge in [0, 0.05) is 13.1 Å². The Morgan fingerprint density at radius 1 is 0.825 bits per heavy atom. The maximum Gasteiger partial charge on any atom is 0.220 e. The van der Waals surface area contributed by atoms with Gasteiger partial charge < -0.3 is 13.9 Å². The fourth-order valence-corrected chi connectivity index (χ4v) is 7.00. The van der Waals surface area contributed by atoms with Gasteiger partial charge in [-0.15, -0.1) is 0 Å². The fraction of sp³-hybridized carbons (Fsp3) is 0.467. The first-order valence-corrected chi connectivity index (χ1v) is 17.8. The molecule has 0 N–H and O–H groups in total. The summed E-state index contributed by atoms with van der Waals surface area (Å²) in [5.41, 5.74) is 2.97. The molecule has 0 amide bonds. The third kappa shape index (κ3) is 7.69. The number of hydrogen-bond acceptors (Lipinski definition) is 7. The van der Waals surface area contributed by atoms with Crippen LogP contribution in [0.25, 0.3) is 0 Å². The van der Waals surface area contributed by atoms with E-state index in [4.69, 9.17) is 13.9 Å². The second-order valence-electron chi connectivity index (χ2n) is 11.6. The topological polar surface area (TPSA) is 90.9 Å². The molecule has 8 nitrogen and oxygen atoms in total. The van der Waals surface area contributed by atoms with Gasteiger partial charge in [0.05, 0.1) is 25.6 Å². The highest BCUT2D eigenvalue weighted by molar-refractivity contribution is 7.89. The molecule has 0 unspecified atom stereocenters. The van der Waals surface area contributed by atoms with Crippen molar-refractivity contribution < 1.29 is 22.3 Å². The Labute approximate surface area is 240 Å². The van der Waals surface area contributed by atoms with Gasteiger partial charge in [0.2, 0.25) is 10.0 Å². The lowest BCUT2D eigenvalue weighted by Crippen LogP contribution is -2.47. The monoisotopic (exact) mass is 585 g/mol. The van der Waals surface area contributed by atoms with Gasteiger partial charge in [0.25, 0.3) is 0 Å². The summed E-state index contributed by atoms with van der Waals surface area (Å²) >= 11 is 0. The number of aryl methyl sites for hydroxylation is 1. The van der Waals surface area contributed by atoms with Crippen LogP contribution in [0, 0.1) is 6.92 Å². The van der Waals surface area contributed by atoms with Crippen molar-refractivity contribution in [2.75, 3.05) is 14.2 Å². The van der Waals surface area contributed by atoms with E-state index in [0.717, 1.165) is 16.8 Å². The first-order valence-electron chi connectivity index (χ1n) is 13.4. The predicted molar refractivity (Wildman–Crippen MR) is 161 cm³/mol. The van der Waals surface area contributed by atoms with Crippen LogP contribution in [0.4, 0.5) is 0 Å². The summed E-state index contributed by atoms with van der Waals surface area (Å²) in [6, 6.07) is 18.5. The molecule has 0 saturated heterocycles. The van der Waals surface area contributed by atoms with Crippen molar-refractivity contribution in [3.05, 3.63) is 83.2 Å². The van der Waals surface area contributed by atoms with E-state index in [1.54, 1.807) is 21.1 Å². The molecule has 0 saturated carbocycles. The Morgan fingerprint density at radius 3 is 1.68 bits per heavy atom.